The van der Waals surface area contributed by atoms with E-state index in [4.69, 9.17) is 4.74 Å². The van der Waals surface area contributed by atoms with E-state index in [2.05, 4.69) is 22.9 Å². The van der Waals surface area contributed by atoms with Crippen LogP contribution in [0.5, 0.6) is 0 Å². The highest BCUT2D eigenvalue weighted by molar-refractivity contribution is 5.73. The van der Waals surface area contributed by atoms with Crippen LogP contribution in [0.4, 0.5) is 4.79 Å². The molecule has 1 rings (SSSR count). The minimum absolute atomic E-state index is 0.0872. The Hall–Kier alpha value is -0.810. The fourth-order valence-corrected chi connectivity index (χ4v) is 1.41. The Bertz CT molecular complexity index is 182. The van der Waals surface area contributed by atoms with E-state index in [-0.39, 0.29) is 12.1 Å². The summed E-state index contributed by atoms with van der Waals surface area (Å²) in [6.07, 6.45) is 2.12. The Morgan fingerprint density at radius 1 is 1.53 bits per heavy atom. The number of hydrogen-bond acceptors (Lipinski definition) is 3. The molecule has 1 unspecified atom stereocenters. The molecule has 0 bridgehead atoms. The lowest BCUT2D eigenvalue weighted by atomic mass is 10.3. The summed E-state index contributed by atoms with van der Waals surface area (Å²) < 4.78 is 5.28. The van der Waals surface area contributed by atoms with Gasteiger partial charge in [-0.1, -0.05) is 13.3 Å². The lowest BCUT2D eigenvalue weighted by molar-refractivity contribution is 0.0774. The maximum Gasteiger partial charge on any atom is 0.314 e. The second-order valence-electron chi connectivity index (χ2n) is 3.72. The number of morpholine rings is 1. The van der Waals surface area contributed by atoms with Crippen LogP contribution in [0.15, 0.2) is 0 Å². The van der Waals surface area contributed by atoms with Crippen molar-refractivity contribution in [2.24, 2.45) is 0 Å². The van der Waals surface area contributed by atoms with Gasteiger partial charge in [-0.2, -0.15) is 0 Å². The molecule has 1 heterocycles. The molecule has 2 amide bonds. The Balaban J connectivity index is 2.00. The van der Waals surface area contributed by atoms with E-state index < -0.39 is 0 Å². The molecule has 1 aliphatic heterocycles. The summed E-state index contributed by atoms with van der Waals surface area (Å²) in [7, 11) is 0. The van der Waals surface area contributed by atoms with E-state index in [9.17, 15) is 4.79 Å². The average molecular weight is 215 g/mol. The monoisotopic (exact) mass is 215 g/mol. The number of rotatable bonds is 5. The van der Waals surface area contributed by atoms with Crippen molar-refractivity contribution in [1.29, 1.82) is 0 Å². The third-order valence-corrected chi connectivity index (χ3v) is 2.32. The molecule has 1 saturated heterocycles. The van der Waals surface area contributed by atoms with Crippen LogP contribution >= 0.6 is 0 Å². The first-order valence-electron chi connectivity index (χ1n) is 5.65. The average Bonchev–Trinajstić information content (AvgIpc) is 2.28. The third-order valence-electron chi connectivity index (χ3n) is 2.32. The van der Waals surface area contributed by atoms with Crippen LogP contribution in [0, 0.1) is 0 Å². The summed E-state index contributed by atoms with van der Waals surface area (Å²) in [6, 6.07) is 0.159. The van der Waals surface area contributed by atoms with Crippen molar-refractivity contribution in [1.82, 2.24) is 16.0 Å². The van der Waals surface area contributed by atoms with Crippen LogP contribution in [-0.2, 0) is 4.74 Å². The van der Waals surface area contributed by atoms with Gasteiger partial charge in [-0.15, -0.1) is 0 Å². The Labute approximate surface area is 90.9 Å². The molecule has 0 spiro atoms. The largest absolute Gasteiger partial charge is 0.378 e. The van der Waals surface area contributed by atoms with Crippen molar-refractivity contribution in [2.45, 2.75) is 25.8 Å². The summed E-state index contributed by atoms with van der Waals surface area (Å²) in [5.41, 5.74) is 0. The van der Waals surface area contributed by atoms with Gasteiger partial charge in [0.1, 0.15) is 0 Å². The smallest absolute Gasteiger partial charge is 0.314 e. The van der Waals surface area contributed by atoms with E-state index in [1.165, 1.54) is 0 Å². The fraction of sp³-hybridized carbons (Fsp3) is 0.900. The van der Waals surface area contributed by atoms with Crippen LogP contribution in [0.1, 0.15) is 19.8 Å². The predicted molar refractivity (Wildman–Crippen MR) is 58.9 cm³/mol. The van der Waals surface area contributed by atoms with Gasteiger partial charge in [0, 0.05) is 25.7 Å². The lowest BCUT2D eigenvalue weighted by Crippen LogP contribution is -2.50. The van der Waals surface area contributed by atoms with Crippen molar-refractivity contribution in [3.8, 4) is 0 Å². The molecule has 0 saturated carbocycles. The minimum Gasteiger partial charge on any atom is -0.378 e. The topological polar surface area (TPSA) is 62.4 Å². The molecule has 5 heteroatoms. The van der Waals surface area contributed by atoms with Crippen LogP contribution < -0.4 is 16.0 Å². The molecule has 1 aliphatic rings. The molecule has 5 nitrogen and oxygen atoms in total. The van der Waals surface area contributed by atoms with Crippen molar-refractivity contribution < 1.29 is 9.53 Å². The van der Waals surface area contributed by atoms with Gasteiger partial charge in [0.2, 0.25) is 0 Å². The van der Waals surface area contributed by atoms with Crippen LogP contribution in [-0.4, -0.2) is 44.9 Å². The molecular formula is C10H21N3O2. The summed E-state index contributed by atoms with van der Waals surface area (Å²) in [5, 5.41) is 8.90. The number of amides is 2. The lowest BCUT2D eigenvalue weighted by Gasteiger charge is -2.23. The van der Waals surface area contributed by atoms with Crippen molar-refractivity contribution in [2.75, 3.05) is 32.8 Å². The first-order valence-corrected chi connectivity index (χ1v) is 5.65. The van der Waals surface area contributed by atoms with E-state index in [0.29, 0.717) is 13.2 Å². The highest BCUT2D eigenvalue weighted by Gasteiger charge is 2.13. The fourth-order valence-electron chi connectivity index (χ4n) is 1.41. The van der Waals surface area contributed by atoms with Crippen molar-refractivity contribution in [3.05, 3.63) is 0 Å². The standard InChI is InChI=1S/C10H21N3O2/c1-2-3-4-12-10(14)13-7-9-8-15-6-5-11-9/h9,11H,2-8H2,1H3,(H2,12,13,14). The minimum atomic E-state index is -0.0872. The summed E-state index contributed by atoms with van der Waals surface area (Å²) >= 11 is 0. The van der Waals surface area contributed by atoms with Crippen molar-refractivity contribution >= 4 is 6.03 Å². The zero-order valence-corrected chi connectivity index (χ0v) is 9.34. The number of urea groups is 1. The maximum atomic E-state index is 11.3. The molecule has 1 fully saturated rings. The molecule has 15 heavy (non-hydrogen) atoms. The van der Waals surface area contributed by atoms with Crippen molar-refractivity contribution in [3.63, 3.8) is 0 Å². The quantitative estimate of drug-likeness (QED) is 0.569. The number of unbranched alkanes of at least 4 members (excludes halogenated alkanes) is 1. The summed E-state index contributed by atoms with van der Waals surface area (Å²) in [4.78, 5) is 11.3. The molecule has 1 atom stereocenters. The molecule has 0 radical (unpaired) electrons. The van der Waals surface area contributed by atoms with E-state index in [1.54, 1.807) is 0 Å². The molecule has 0 aromatic carbocycles. The van der Waals surface area contributed by atoms with Gasteiger partial charge in [0.05, 0.1) is 13.2 Å². The molecular weight excluding hydrogens is 194 g/mol. The van der Waals surface area contributed by atoms with E-state index in [0.717, 1.165) is 32.5 Å². The normalized spacial score (nSPS) is 21.0. The molecule has 88 valence electrons. The zero-order valence-electron chi connectivity index (χ0n) is 9.34. The molecule has 0 aliphatic carbocycles. The zero-order chi connectivity index (χ0) is 10.9. The van der Waals surface area contributed by atoms with Gasteiger partial charge in [0.25, 0.3) is 0 Å². The van der Waals surface area contributed by atoms with Gasteiger partial charge in [-0.05, 0) is 6.42 Å². The Kier molecular flexibility index (Phi) is 6.11. The number of hydrogen-bond donors (Lipinski definition) is 3. The Morgan fingerprint density at radius 3 is 3.07 bits per heavy atom. The Morgan fingerprint density at radius 2 is 2.40 bits per heavy atom. The summed E-state index contributed by atoms with van der Waals surface area (Å²) in [5.74, 6) is 0. The van der Waals surface area contributed by atoms with Gasteiger partial charge in [-0.3, -0.25) is 0 Å². The van der Waals surface area contributed by atoms with Crippen LogP contribution in [0.25, 0.3) is 0 Å². The van der Waals surface area contributed by atoms with E-state index >= 15 is 0 Å². The maximum absolute atomic E-state index is 11.3. The number of nitrogens with one attached hydrogen (secondary N) is 3. The molecule has 0 aromatic heterocycles. The number of ether oxygens (including phenoxy) is 1. The third kappa shape index (κ3) is 5.59. The van der Waals surface area contributed by atoms with Gasteiger partial charge in [0.15, 0.2) is 0 Å². The summed E-state index contributed by atoms with van der Waals surface area (Å²) in [6.45, 7) is 5.77. The second-order valence-corrected chi connectivity index (χ2v) is 3.72. The number of carbonyl (C=O) groups is 1. The first-order chi connectivity index (χ1) is 7.33. The first kappa shape index (κ1) is 12.3. The van der Waals surface area contributed by atoms with Gasteiger partial charge < -0.3 is 20.7 Å². The highest BCUT2D eigenvalue weighted by atomic mass is 16.5. The van der Waals surface area contributed by atoms with Crippen LogP contribution in [0.2, 0.25) is 0 Å². The van der Waals surface area contributed by atoms with E-state index in [1.807, 2.05) is 0 Å². The van der Waals surface area contributed by atoms with Gasteiger partial charge >= 0.3 is 6.03 Å². The number of carbonyl (C=O) groups excluding carboxylic acids is 1. The SMILES string of the molecule is CCCCNC(=O)NCC1COCCN1. The van der Waals surface area contributed by atoms with Crippen LogP contribution in [0.3, 0.4) is 0 Å². The predicted octanol–water partition coefficient (Wildman–Crippen LogP) is 0.0741. The van der Waals surface area contributed by atoms with Gasteiger partial charge in [-0.25, -0.2) is 4.79 Å². The molecule has 3 N–H and O–H groups in total. The second kappa shape index (κ2) is 7.48. The molecule has 0 aromatic rings. The highest BCUT2D eigenvalue weighted by Crippen LogP contribution is 1.90.